The molecule has 0 aromatic carbocycles. The molecule has 0 bridgehead atoms. The number of hydrogen-bond acceptors (Lipinski definition) is 4. The molecule has 1 aromatic heterocycles. The Kier molecular flexibility index (Phi) is 3.81. The van der Waals surface area contributed by atoms with Crippen molar-refractivity contribution >= 4 is 11.6 Å². The molecule has 1 aliphatic heterocycles. The number of nitrogens with zero attached hydrogens (tertiary/aromatic N) is 2. The highest BCUT2D eigenvalue weighted by atomic mass is 16.2. The Labute approximate surface area is 107 Å². The number of nitrogens with one attached hydrogen (secondary N) is 1. The SMILES string of the molecule is C[C@@H]1CCC[C@H](C)N1C(=O)c1cc(NN)ccn1. The lowest BCUT2D eigenvalue weighted by atomic mass is 9.97. The molecular formula is C13H20N4O. The number of anilines is 1. The summed E-state index contributed by atoms with van der Waals surface area (Å²) < 4.78 is 0. The van der Waals surface area contributed by atoms with E-state index in [-0.39, 0.29) is 18.0 Å². The van der Waals surface area contributed by atoms with Crippen LogP contribution in [0.25, 0.3) is 0 Å². The van der Waals surface area contributed by atoms with Crippen LogP contribution >= 0.6 is 0 Å². The van der Waals surface area contributed by atoms with Crippen LogP contribution in [0.4, 0.5) is 5.69 Å². The fourth-order valence-electron chi connectivity index (χ4n) is 2.59. The Morgan fingerprint density at radius 2 is 2.11 bits per heavy atom. The molecule has 0 radical (unpaired) electrons. The van der Waals surface area contributed by atoms with Gasteiger partial charge in [0.2, 0.25) is 0 Å². The van der Waals surface area contributed by atoms with E-state index in [1.54, 1.807) is 18.3 Å². The molecule has 0 spiro atoms. The van der Waals surface area contributed by atoms with Crippen molar-refractivity contribution in [3.63, 3.8) is 0 Å². The van der Waals surface area contributed by atoms with Crippen LogP contribution in [0.1, 0.15) is 43.6 Å². The first-order valence-electron chi connectivity index (χ1n) is 6.39. The van der Waals surface area contributed by atoms with Crippen LogP contribution < -0.4 is 11.3 Å². The lowest BCUT2D eigenvalue weighted by Crippen LogP contribution is -2.47. The third-order valence-corrected chi connectivity index (χ3v) is 3.57. The zero-order chi connectivity index (χ0) is 13.1. The molecule has 0 saturated carbocycles. The molecule has 1 saturated heterocycles. The van der Waals surface area contributed by atoms with Gasteiger partial charge in [-0.05, 0) is 45.2 Å². The number of likely N-dealkylation sites (tertiary alicyclic amines) is 1. The van der Waals surface area contributed by atoms with Crippen LogP contribution in [0.5, 0.6) is 0 Å². The quantitative estimate of drug-likeness (QED) is 0.618. The van der Waals surface area contributed by atoms with E-state index in [0.717, 1.165) is 12.8 Å². The number of amides is 1. The number of carbonyl (C=O) groups excluding carboxylic acids is 1. The highest BCUT2D eigenvalue weighted by molar-refractivity contribution is 5.93. The predicted octanol–water partition coefficient (Wildman–Crippen LogP) is 1.77. The number of piperidine rings is 1. The molecule has 0 unspecified atom stereocenters. The summed E-state index contributed by atoms with van der Waals surface area (Å²) in [4.78, 5) is 18.6. The van der Waals surface area contributed by atoms with E-state index in [0.29, 0.717) is 11.4 Å². The van der Waals surface area contributed by atoms with Crippen molar-refractivity contribution in [3.8, 4) is 0 Å². The minimum absolute atomic E-state index is 0.00759. The van der Waals surface area contributed by atoms with Crippen molar-refractivity contribution in [1.29, 1.82) is 0 Å². The molecule has 2 heterocycles. The van der Waals surface area contributed by atoms with Crippen LogP contribution in [0.15, 0.2) is 18.3 Å². The first kappa shape index (κ1) is 12.8. The summed E-state index contributed by atoms with van der Waals surface area (Å²) in [5.74, 6) is 5.34. The zero-order valence-corrected chi connectivity index (χ0v) is 10.9. The summed E-state index contributed by atoms with van der Waals surface area (Å²) >= 11 is 0. The first-order chi connectivity index (χ1) is 8.63. The van der Waals surface area contributed by atoms with Crippen LogP contribution in [-0.4, -0.2) is 27.9 Å². The van der Waals surface area contributed by atoms with E-state index in [9.17, 15) is 4.79 Å². The number of nitrogens with two attached hydrogens (primary N) is 1. The Morgan fingerprint density at radius 1 is 1.44 bits per heavy atom. The molecule has 1 aromatic rings. The van der Waals surface area contributed by atoms with Gasteiger partial charge < -0.3 is 10.3 Å². The monoisotopic (exact) mass is 248 g/mol. The van der Waals surface area contributed by atoms with Crippen LogP contribution in [0, 0.1) is 0 Å². The van der Waals surface area contributed by atoms with Crippen LogP contribution in [0.3, 0.4) is 0 Å². The van der Waals surface area contributed by atoms with Gasteiger partial charge in [-0.3, -0.25) is 15.6 Å². The molecular weight excluding hydrogens is 228 g/mol. The van der Waals surface area contributed by atoms with E-state index >= 15 is 0 Å². The van der Waals surface area contributed by atoms with Gasteiger partial charge in [0, 0.05) is 18.3 Å². The Bertz CT molecular complexity index is 425. The van der Waals surface area contributed by atoms with E-state index < -0.39 is 0 Å². The van der Waals surface area contributed by atoms with Crippen molar-refractivity contribution < 1.29 is 4.79 Å². The summed E-state index contributed by atoms with van der Waals surface area (Å²) in [5.41, 5.74) is 3.69. The van der Waals surface area contributed by atoms with E-state index in [1.807, 2.05) is 4.90 Å². The molecule has 18 heavy (non-hydrogen) atoms. The predicted molar refractivity (Wildman–Crippen MR) is 71.0 cm³/mol. The van der Waals surface area contributed by atoms with Gasteiger partial charge >= 0.3 is 0 Å². The Morgan fingerprint density at radius 3 is 2.72 bits per heavy atom. The highest BCUT2D eigenvalue weighted by Crippen LogP contribution is 2.24. The fraction of sp³-hybridized carbons (Fsp3) is 0.538. The lowest BCUT2D eigenvalue weighted by molar-refractivity contribution is 0.0504. The molecule has 98 valence electrons. The highest BCUT2D eigenvalue weighted by Gasteiger charge is 2.30. The van der Waals surface area contributed by atoms with E-state index in [2.05, 4.69) is 24.3 Å². The van der Waals surface area contributed by atoms with Gasteiger partial charge in [-0.25, -0.2) is 0 Å². The number of hydrogen-bond donors (Lipinski definition) is 2. The van der Waals surface area contributed by atoms with Crippen molar-refractivity contribution in [2.75, 3.05) is 5.43 Å². The Hall–Kier alpha value is -1.62. The van der Waals surface area contributed by atoms with Gasteiger partial charge in [0.05, 0.1) is 5.69 Å². The molecule has 2 atom stereocenters. The summed E-state index contributed by atoms with van der Waals surface area (Å²) in [5, 5.41) is 0. The minimum atomic E-state index is -0.00759. The van der Waals surface area contributed by atoms with Crippen LogP contribution in [-0.2, 0) is 0 Å². The van der Waals surface area contributed by atoms with E-state index in [4.69, 9.17) is 5.84 Å². The number of carbonyl (C=O) groups is 1. The van der Waals surface area contributed by atoms with Gasteiger partial charge in [0.25, 0.3) is 5.91 Å². The van der Waals surface area contributed by atoms with Gasteiger partial charge in [-0.2, -0.15) is 0 Å². The van der Waals surface area contributed by atoms with Crippen molar-refractivity contribution in [1.82, 2.24) is 9.88 Å². The standard InChI is InChI=1S/C13H20N4O/c1-9-4-3-5-10(2)17(9)13(18)12-8-11(16-14)6-7-15-12/h6-10H,3-5,14H2,1-2H3,(H,15,16)/t9-,10+. The van der Waals surface area contributed by atoms with Crippen molar-refractivity contribution in [2.24, 2.45) is 5.84 Å². The molecule has 3 N–H and O–H groups in total. The number of nitrogen functional groups attached to an aromatic ring is 1. The van der Waals surface area contributed by atoms with Gasteiger partial charge in [0.1, 0.15) is 5.69 Å². The Balaban J connectivity index is 2.23. The lowest BCUT2D eigenvalue weighted by Gasteiger charge is -2.38. The van der Waals surface area contributed by atoms with E-state index in [1.165, 1.54) is 6.42 Å². The molecule has 1 amide bonds. The summed E-state index contributed by atoms with van der Waals surface area (Å²) in [7, 11) is 0. The largest absolute Gasteiger partial charge is 0.332 e. The molecule has 0 aliphatic carbocycles. The second-order valence-corrected chi connectivity index (χ2v) is 4.92. The smallest absolute Gasteiger partial charge is 0.273 e. The van der Waals surface area contributed by atoms with Gasteiger partial charge in [-0.1, -0.05) is 0 Å². The molecule has 5 nitrogen and oxygen atoms in total. The fourth-order valence-corrected chi connectivity index (χ4v) is 2.59. The maximum Gasteiger partial charge on any atom is 0.273 e. The normalized spacial score (nSPS) is 23.8. The summed E-state index contributed by atoms with van der Waals surface area (Å²) in [6.07, 6.45) is 4.90. The van der Waals surface area contributed by atoms with Crippen molar-refractivity contribution in [2.45, 2.75) is 45.2 Å². The number of aromatic nitrogens is 1. The third-order valence-electron chi connectivity index (χ3n) is 3.57. The van der Waals surface area contributed by atoms with Gasteiger partial charge in [-0.15, -0.1) is 0 Å². The van der Waals surface area contributed by atoms with Crippen molar-refractivity contribution in [3.05, 3.63) is 24.0 Å². The topological polar surface area (TPSA) is 71.2 Å². The maximum absolute atomic E-state index is 12.5. The van der Waals surface area contributed by atoms with Gasteiger partial charge in [0.15, 0.2) is 0 Å². The zero-order valence-electron chi connectivity index (χ0n) is 10.9. The second-order valence-electron chi connectivity index (χ2n) is 4.92. The minimum Gasteiger partial charge on any atom is -0.332 e. The molecule has 5 heteroatoms. The first-order valence-corrected chi connectivity index (χ1v) is 6.39. The number of pyridine rings is 1. The average molecular weight is 248 g/mol. The molecule has 1 fully saturated rings. The molecule has 2 rings (SSSR count). The van der Waals surface area contributed by atoms with Crippen LogP contribution in [0.2, 0.25) is 0 Å². The summed E-state index contributed by atoms with van der Waals surface area (Å²) in [6, 6.07) is 3.98. The maximum atomic E-state index is 12.5. The third kappa shape index (κ3) is 2.46. The second kappa shape index (κ2) is 5.35. The average Bonchev–Trinajstić information content (AvgIpc) is 2.38. The molecule has 1 aliphatic rings. The number of hydrazine groups is 1. The summed E-state index contributed by atoms with van der Waals surface area (Å²) in [6.45, 7) is 4.19. The number of rotatable bonds is 2.